The molecule has 0 saturated carbocycles. The summed E-state index contributed by atoms with van der Waals surface area (Å²) in [4.78, 5) is 12.1. The van der Waals surface area contributed by atoms with Gasteiger partial charge in [0.15, 0.2) is 11.5 Å². The van der Waals surface area contributed by atoms with E-state index in [0.717, 1.165) is 11.0 Å². The number of rotatable bonds is 3. The second kappa shape index (κ2) is 4.58. The van der Waals surface area contributed by atoms with Crippen molar-refractivity contribution < 1.29 is 9.21 Å². The lowest BCUT2D eigenvalue weighted by Crippen LogP contribution is -2.36. The second-order valence-corrected chi connectivity index (χ2v) is 5.75. The predicted octanol–water partition coefficient (Wildman–Crippen LogP) is 3.38. The van der Waals surface area contributed by atoms with Gasteiger partial charge in [-0.3, -0.25) is 4.79 Å². The Morgan fingerprint density at radius 2 is 2.00 bits per heavy atom. The highest BCUT2D eigenvalue weighted by Crippen LogP contribution is 2.24. The molecule has 0 fully saturated rings. The summed E-state index contributed by atoms with van der Waals surface area (Å²) in [5.74, 6) is 0.365. The molecule has 0 aliphatic carbocycles. The van der Waals surface area contributed by atoms with Gasteiger partial charge in [0, 0.05) is 17.8 Å². The van der Waals surface area contributed by atoms with Crippen LogP contribution in [0.2, 0.25) is 0 Å². The maximum Gasteiger partial charge on any atom is 0.199 e. The summed E-state index contributed by atoms with van der Waals surface area (Å²) >= 11 is 0. The van der Waals surface area contributed by atoms with Gasteiger partial charge in [0.1, 0.15) is 5.58 Å². The summed E-state index contributed by atoms with van der Waals surface area (Å²) in [7, 11) is 0. The minimum atomic E-state index is -0.168. The van der Waals surface area contributed by atoms with Gasteiger partial charge in [0.05, 0.1) is 0 Å². The van der Waals surface area contributed by atoms with Crippen LogP contribution in [-0.2, 0) is 0 Å². The topological polar surface area (TPSA) is 56.2 Å². The Balaban J connectivity index is 2.19. The highest BCUT2D eigenvalue weighted by molar-refractivity contribution is 5.97. The maximum atomic E-state index is 12.1. The van der Waals surface area contributed by atoms with E-state index in [2.05, 4.69) is 0 Å². The molecule has 3 heteroatoms. The fourth-order valence-corrected chi connectivity index (χ4v) is 1.73. The molecule has 2 rings (SSSR count). The van der Waals surface area contributed by atoms with E-state index in [9.17, 15) is 4.79 Å². The first kappa shape index (κ1) is 12.8. The molecular weight excluding hydrogens is 226 g/mol. The first-order valence-corrected chi connectivity index (χ1v) is 6.15. The lowest BCUT2D eigenvalue weighted by Gasteiger charge is -2.25. The van der Waals surface area contributed by atoms with Crippen molar-refractivity contribution in [2.75, 3.05) is 0 Å². The second-order valence-electron chi connectivity index (χ2n) is 5.75. The van der Waals surface area contributed by atoms with Crippen molar-refractivity contribution in [1.82, 2.24) is 0 Å². The van der Waals surface area contributed by atoms with E-state index in [1.807, 2.05) is 45.0 Å². The summed E-state index contributed by atoms with van der Waals surface area (Å²) in [5, 5.41) is 0.949. The number of Topliss-reactive ketones (excluding diaryl/α,β-unsaturated/α-hetero) is 1. The monoisotopic (exact) mass is 245 g/mol. The third kappa shape index (κ3) is 2.62. The third-order valence-electron chi connectivity index (χ3n) is 3.22. The van der Waals surface area contributed by atoms with Crippen molar-refractivity contribution in [3.8, 4) is 0 Å². The van der Waals surface area contributed by atoms with Crippen molar-refractivity contribution in [3.63, 3.8) is 0 Å². The first-order valence-electron chi connectivity index (χ1n) is 6.15. The fourth-order valence-electron chi connectivity index (χ4n) is 1.73. The van der Waals surface area contributed by atoms with Crippen LogP contribution in [0.5, 0.6) is 0 Å². The Morgan fingerprint density at radius 3 is 2.61 bits per heavy atom. The molecule has 3 nitrogen and oxygen atoms in total. The number of fused-ring (bicyclic) bond motifs is 1. The van der Waals surface area contributed by atoms with Gasteiger partial charge in [-0.05, 0) is 17.5 Å². The number of ketones is 1. The van der Waals surface area contributed by atoms with Crippen LogP contribution in [0.4, 0.5) is 0 Å². The molecule has 0 spiro atoms. The molecule has 0 radical (unpaired) electrons. The number of benzene rings is 1. The minimum absolute atomic E-state index is 0.0337. The number of nitrogens with two attached hydrogens (primary N) is 1. The van der Waals surface area contributed by atoms with Crippen LogP contribution in [0.1, 0.15) is 37.7 Å². The minimum Gasteiger partial charge on any atom is -0.453 e. The van der Waals surface area contributed by atoms with Gasteiger partial charge < -0.3 is 10.2 Å². The van der Waals surface area contributed by atoms with Gasteiger partial charge in [-0.1, -0.05) is 39.0 Å². The van der Waals surface area contributed by atoms with Crippen LogP contribution in [-0.4, -0.2) is 11.8 Å². The number of hydrogen-bond donors (Lipinski definition) is 1. The molecule has 0 aliphatic rings. The molecule has 0 bridgehead atoms. The molecule has 0 aliphatic heterocycles. The van der Waals surface area contributed by atoms with E-state index in [0.29, 0.717) is 12.2 Å². The Bertz CT molecular complexity index is 530. The van der Waals surface area contributed by atoms with Gasteiger partial charge in [0.25, 0.3) is 0 Å². The van der Waals surface area contributed by atoms with Crippen LogP contribution >= 0.6 is 0 Å². The Morgan fingerprint density at radius 1 is 1.33 bits per heavy atom. The standard InChI is InChI=1S/C15H19NO2/c1-15(2,3)14(16)9-11(17)13-8-10-6-4-5-7-12(10)18-13/h4-8,14H,9,16H2,1-3H3. The SMILES string of the molecule is CC(C)(C)C(N)CC(=O)c1cc2ccccc2o1. The Labute approximate surface area is 107 Å². The zero-order valence-electron chi connectivity index (χ0n) is 11.1. The van der Waals surface area contributed by atoms with Crippen molar-refractivity contribution in [1.29, 1.82) is 0 Å². The van der Waals surface area contributed by atoms with Crippen LogP contribution in [0, 0.1) is 5.41 Å². The molecule has 2 N–H and O–H groups in total. The smallest absolute Gasteiger partial charge is 0.199 e. The molecule has 18 heavy (non-hydrogen) atoms. The molecule has 1 aromatic carbocycles. The van der Waals surface area contributed by atoms with Gasteiger partial charge in [-0.25, -0.2) is 0 Å². The molecule has 0 amide bonds. The van der Waals surface area contributed by atoms with Gasteiger partial charge >= 0.3 is 0 Å². The predicted molar refractivity (Wildman–Crippen MR) is 72.6 cm³/mol. The third-order valence-corrected chi connectivity index (χ3v) is 3.22. The van der Waals surface area contributed by atoms with E-state index in [1.165, 1.54) is 0 Å². The van der Waals surface area contributed by atoms with E-state index in [-0.39, 0.29) is 17.2 Å². The highest BCUT2D eigenvalue weighted by atomic mass is 16.3. The van der Waals surface area contributed by atoms with E-state index < -0.39 is 0 Å². The summed E-state index contributed by atoms with van der Waals surface area (Å²) in [6.07, 6.45) is 0.309. The molecule has 1 heterocycles. The highest BCUT2D eigenvalue weighted by Gasteiger charge is 2.25. The van der Waals surface area contributed by atoms with E-state index in [1.54, 1.807) is 6.07 Å². The number of carbonyl (C=O) groups excluding carboxylic acids is 1. The van der Waals surface area contributed by atoms with E-state index in [4.69, 9.17) is 10.2 Å². The number of carbonyl (C=O) groups is 1. The van der Waals surface area contributed by atoms with Crippen LogP contribution in [0.25, 0.3) is 11.0 Å². The number of hydrogen-bond acceptors (Lipinski definition) is 3. The Kier molecular flexibility index (Phi) is 3.26. The summed E-state index contributed by atoms with van der Waals surface area (Å²) in [5.41, 5.74) is 6.68. The zero-order chi connectivity index (χ0) is 13.3. The van der Waals surface area contributed by atoms with Crippen LogP contribution in [0.15, 0.2) is 34.7 Å². The number of para-hydroxylation sites is 1. The summed E-state index contributed by atoms with van der Waals surface area (Å²) in [6.45, 7) is 6.09. The molecule has 1 aromatic heterocycles. The van der Waals surface area contributed by atoms with Crippen molar-refractivity contribution in [2.45, 2.75) is 33.2 Å². The van der Waals surface area contributed by atoms with Gasteiger partial charge in [-0.2, -0.15) is 0 Å². The summed E-state index contributed by atoms with van der Waals surface area (Å²) in [6, 6.07) is 9.22. The van der Waals surface area contributed by atoms with Gasteiger partial charge in [0.2, 0.25) is 0 Å². The summed E-state index contributed by atoms with van der Waals surface area (Å²) < 4.78 is 5.54. The zero-order valence-corrected chi connectivity index (χ0v) is 11.1. The molecule has 96 valence electrons. The van der Waals surface area contributed by atoms with Crippen LogP contribution in [0.3, 0.4) is 0 Å². The molecule has 2 aromatic rings. The van der Waals surface area contributed by atoms with Crippen molar-refractivity contribution >= 4 is 16.8 Å². The van der Waals surface area contributed by atoms with Crippen molar-refractivity contribution in [3.05, 3.63) is 36.1 Å². The average Bonchev–Trinajstić information content (AvgIpc) is 2.71. The molecule has 1 unspecified atom stereocenters. The van der Waals surface area contributed by atoms with Crippen LogP contribution < -0.4 is 5.73 Å². The quantitative estimate of drug-likeness (QED) is 0.843. The largest absolute Gasteiger partial charge is 0.453 e. The maximum absolute atomic E-state index is 12.1. The normalized spacial score (nSPS) is 13.8. The van der Waals surface area contributed by atoms with Gasteiger partial charge in [-0.15, -0.1) is 0 Å². The average molecular weight is 245 g/mol. The first-order chi connectivity index (χ1) is 8.38. The Hall–Kier alpha value is -1.61. The molecular formula is C15H19NO2. The van der Waals surface area contributed by atoms with E-state index >= 15 is 0 Å². The lowest BCUT2D eigenvalue weighted by molar-refractivity contribution is 0.0928. The molecule has 1 atom stereocenters. The fraction of sp³-hybridized carbons (Fsp3) is 0.400. The molecule has 0 saturated heterocycles. The number of furan rings is 1. The lowest BCUT2D eigenvalue weighted by atomic mass is 9.84. The van der Waals surface area contributed by atoms with Crippen molar-refractivity contribution in [2.24, 2.45) is 11.1 Å².